The summed E-state index contributed by atoms with van der Waals surface area (Å²) < 4.78 is 0. The predicted octanol–water partition coefficient (Wildman–Crippen LogP) is -0.124. The molecule has 4 heavy (non-hydrogen) atoms. The fourth-order valence-corrected chi connectivity index (χ4v) is 0. The fraction of sp³-hybridized carbons (Fsp3) is 0. The topological polar surface area (TPSA) is 28.5 Å². The monoisotopic (exact) mass is 444 g/mol. The number of hydrogen-bond acceptors (Lipinski definition) is 0. The Morgan fingerprint density at radius 2 is 1.00 bits per heavy atom. The van der Waals surface area contributed by atoms with E-state index in [1.165, 1.54) is 0 Å². The second kappa shape index (κ2) is 16.6. The van der Waals surface area contributed by atoms with Gasteiger partial charge >= 0.3 is 0 Å². The molecule has 0 heterocycles. The minimum atomic E-state index is 0. The van der Waals surface area contributed by atoms with Crippen LogP contribution in [0.15, 0.2) is 0 Å². The van der Waals surface area contributed by atoms with Crippen molar-refractivity contribution in [3.63, 3.8) is 0 Å². The van der Waals surface area contributed by atoms with E-state index in [4.69, 9.17) is 0 Å². The zero-order valence-corrected chi connectivity index (χ0v) is 10.1. The van der Waals surface area contributed by atoms with Crippen molar-refractivity contribution in [2.75, 3.05) is 0 Å². The molecule has 2 radical (unpaired) electrons. The van der Waals surface area contributed by atoms with Gasteiger partial charge in [0.2, 0.25) is 0 Å². The van der Waals surface area contributed by atoms with Crippen LogP contribution in [0.5, 0.6) is 0 Å². The molecule has 4 heteroatoms. The van der Waals surface area contributed by atoms with Crippen molar-refractivity contribution in [1.82, 2.24) is 0 Å². The minimum Gasteiger partial charge on any atom is 0 e. The summed E-state index contributed by atoms with van der Waals surface area (Å²) in [6, 6.07) is 0. The molecule has 0 unspecified atom stereocenters. The van der Waals surface area contributed by atoms with Crippen molar-refractivity contribution < 1.29 is 97.5 Å². The van der Waals surface area contributed by atoms with Crippen LogP contribution in [0.3, 0.4) is 0 Å². The van der Waals surface area contributed by atoms with Crippen molar-refractivity contribution in [1.29, 1.82) is 0 Å². The third-order valence-electron chi connectivity index (χ3n) is 0. The first kappa shape index (κ1) is 27.8. The SMILES string of the molecule is [Gd].[Hf].[O].[Zr]. The Bertz CT molecular complexity index is 8.00. The van der Waals surface area contributed by atoms with Crippen molar-refractivity contribution in [2.45, 2.75) is 0 Å². The summed E-state index contributed by atoms with van der Waals surface area (Å²) in [5.74, 6) is 0. The summed E-state index contributed by atoms with van der Waals surface area (Å²) in [5.41, 5.74) is 0. The second-order valence-corrected chi connectivity index (χ2v) is 0. The smallest absolute Gasteiger partial charge is 0 e. The van der Waals surface area contributed by atoms with Crippen molar-refractivity contribution in [2.24, 2.45) is 0 Å². The average molecular weight is 443 g/mol. The van der Waals surface area contributed by atoms with Gasteiger partial charge in [-0.05, 0) is 0 Å². The maximum absolute atomic E-state index is 0. The summed E-state index contributed by atoms with van der Waals surface area (Å²) in [6.45, 7) is 0. The van der Waals surface area contributed by atoms with Crippen LogP contribution in [0.2, 0.25) is 0 Å². The third-order valence-corrected chi connectivity index (χ3v) is 0. The molecule has 1 nitrogen and oxygen atoms in total. The van der Waals surface area contributed by atoms with Gasteiger partial charge in [-0.2, -0.15) is 0 Å². The molecular formula is GdHfOZr. The average Bonchev–Trinajstić information content (AvgIpc) is 0. The quantitative estimate of drug-likeness (QED) is 0.468. The molecule has 0 amide bonds. The summed E-state index contributed by atoms with van der Waals surface area (Å²) >= 11 is 0. The van der Waals surface area contributed by atoms with E-state index in [0.29, 0.717) is 0 Å². The molecule has 0 spiro atoms. The van der Waals surface area contributed by atoms with E-state index in [1.54, 1.807) is 0 Å². The second-order valence-electron chi connectivity index (χ2n) is 0. The van der Waals surface area contributed by atoms with Gasteiger partial charge in [-0.15, -0.1) is 0 Å². The van der Waals surface area contributed by atoms with Gasteiger partial charge in [0, 0.05) is 97.5 Å². The molecule has 0 atom stereocenters. The molecule has 0 N–H and O–H groups in total. The van der Waals surface area contributed by atoms with Crippen LogP contribution < -0.4 is 0 Å². The Labute approximate surface area is 95.2 Å². The molecule has 0 saturated heterocycles. The molecule has 0 aromatic carbocycles. The van der Waals surface area contributed by atoms with Crippen molar-refractivity contribution in [3.8, 4) is 0 Å². The van der Waals surface area contributed by atoms with E-state index in [0.717, 1.165) is 0 Å². The Morgan fingerprint density at radius 3 is 1.00 bits per heavy atom. The van der Waals surface area contributed by atoms with Crippen LogP contribution >= 0.6 is 0 Å². The molecule has 0 rings (SSSR count). The normalized spacial score (nSPS) is 0. The van der Waals surface area contributed by atoms with E-state index in [2.05, 4.69) is 0 Å². The van der Waals surface area contributed by atoms with Crippen LogP contribution in [0, 0.1) is 39.9 Å². The van der Waals surface area contributed by atoms with Gasteiger partial charge in [0.05, 0.1) is 0 Å². The predicted molar refractivity (Wildman–Crippen MR) is 0.686 cm³/mol. The largest absolute Gasteiger partial charge is 0 e. The van der Waals surface area contributed by atoms with Crippen LogP contribution in [-0.2, 0) is 57.5 Å². The van der Waals surface area contributed by atoms with Gasteiger partial charge < -0.3 is 0 Å². The van der Waals surface area contributed by atoms with E-state index < -0.39 is 0 Å². The van der Waals surface area contributed by atoms with Crippen LogP contribution in [0.25, 0.3) is 0 Å². The van der Waals surface area contributed by atoms with Gasteiger partial charge in [-0.25, -0.2) is 0 Å². The molecule has 0 bridgehead atoms. The molecule has 0 aromatic heterocycles. The van der Waals surface area contributed by atoms with Crippen molar-refractivity contribution in [3.05, 3.63) is 0 Å². The van der Waals surface area contributed by atoms with Gasteiger partial charge in [-0.1, -0.05) is 0 Å². The maximum atomic E-state index is 0. The Morgan fingerprint density at radius 1 is 1.00 bits per heavy atom. The maximum Gasteiger partial charge on any atom is 0 e. The summed E-state index contributed by atoms with van der Waals surface area (Å²) in [5, 5.41) is 0. The molecule has 0 aliphatic rings. The van der Waals surface area contributed by atoms with Gasteiger partial charge in [0.1, 0.15) is 0 Å². The molecule has 0 saturated carbocycles. The number of hydrogen-bond donors (Lipinski definition) is 0. The first-order valence-corrected chi connectivity index (χ1v) is 0. The van der Waals surface area contributed by atoms with Crippen molar-refractivity contribution >= 4 is 0 Å². The standard InChI is InChI=1S/Gd.Hf.O.Zr. The number of rotatable bonds is 0. The molecular weight excluding hydrogens is 443 g/mol. The Balaban J connectivity index is 0. The zero-order chi connectivity index (χ0) is 0. The van der Waals surface area contributed by atoms with Crippen LogP contribution in [0.4, 0.5) is 0 Å². The molecule has 0 aliphatic heterocycles. The van der Waals surface area contributed by atoms with Crippen LogP contribution in [0.1, 0.15) is 0 Å². The third kappa shape index (κ3) is 8.90. The Hall–Kier alpha value is 3.04. The summed E-state index contributed by atoms with van der Waals surface area (Å²) in [7, 11) is 0. The summed E-state index contributed by atoms with van der Waals surface area (Å²) in [4.78, 5) is 0. The van der Waals surface area contributed by atoms with Gasteiger partial charge in [0.25, 0.3) is 0 Å². The first-order valence-electron chi connectivity index (χ1n) is 0. The molecule has 0 fully saturated rings. The zero-order valence-electron chi connectivity index (χ0n) is 1.76. The van der Waals surface area contributed by atoms with Gasteiger partial charge in [-0.3, -0.25) is 0 Å². The van der Waals surface area contributed by atoms with Crippen LogP contribution in [-0.4, -0.2) is 0 Å². The van der Waals surface area contributed by atoms with E-state index in [9.17, 15) is 0 Å². The van der Waals surface area contributed by atoms with E-state index in [-0.39, 0.29) is 97.5 Å². The minimum absolute atomic E-state index is 0. The first-order chi connectivity index (χ1) is 0. The molecule has 22 valence electrons. The van der Waals surface area contributed by atoms with E-state index >= 15 is 0 Å². The molecule has 0 aliphatic carbocycles. The van der Waals surface area contributed by atoms with E-state index in [1.807, 2.05) is 0 Å². The fourth-order valence-electron chi connectivity index (χ4n) is 0. The summed E-state index contributed by atoms with van der Waals surface area (Å²) in [6.07, 6.45) is 0. The Kier molecular flexibility index (Phi) is 115. The molecule has 0 aromatic rings. The van der Waals surface area contributed by atoms with Gasteiger partial charge in [0.15, 0.2) is 0 Å².